The van der Waals surface area contributed by atoms with E-state index in [4.69, 9.17) is 14.7 Å². The molecule has 2 aromatic rings. The van der Waals surface area contributed by atoms with Gasteiger partial charge in [0.1, 0.15) is 19.0 Å². The van der Waals surface area contributed by atoms with Crippen molar-refractivity contribution >= 4 is 0 Å². The molecule has 1 aromatic carbocycles. The molecule has 0 amide bonds. The molecule has 0 aliphatic heterocycles. The molecule has 0 fully saturated rings. The van der Waals surface area contributed by atoms with Crippen molar-refractivity contribution in [3.05, 3.63) is 42.2 Å². The van der Waals surface area contributed by atoms with Gasteiger partial charge in [0.25, 0.3) is 0 Å². The summed E-state index contributed by atoms with van der Waals surface area (Å²) < 4.78 is 12.6. The lowest BCUT2D eigenvalue weighted by Gasteiger charge is -2.06. The van der Waals surface area contributed by atoms with Gasteiger partial charge < -0.3 is 9.47 Å². The molecule has 1 heterocycles. The molecule has 2 rings (SSSR count). The summed E-state index contributed by atoms with van der Waals surface area (Å²) in [5, 5.41) is 12.6. The van der Waals surface area contributed by atoms with Crippen LogP contribution in [-0.2, 0) is 7.05 Å². The predicted octanol–water partition coefficient (Wildman–Crippen LogP) is 1.75. The summed E-state index contributed by atoms with van der Waals surface area (Å²) in [5.41, 5.74) is 0.619. The SMILES string of the molecule is Cn1cc(OCCOc2ccc(C#N)cc2)cn1. The van der Waals surface area contributed by atoms with E-state index in [-0.39, 0.29) is 0 Å². The first kappa shape index (κ1) is 12.0. The van der Waals surface area contributed by atoms with Crippen LogP contribution in [0.15, 0.2) is 36.7 Å². The molecule has 0 radical (unpaired) electrons. The number of aromatic nitrogens is 2. The van der Waals surface area contributed by atoms with Crippen LogP contribution in [0.25, 0.3) is 0 Å². The number of aryl methyl sites for hydroxylation is 1. The molecule has 0 N–H and O–H groups in total. The summed E-state index contributed by atoms with van der Waals surface area (Å²) in [7, 11) is 1.83. The average Bonchev–Trinajstić information content (AvgIpc) is 2.81. The molecule has 5 nitrogen and oxygen atoms in total. The zero-order valence-electron chi connectivity index (χ0n) is 10.0. The van der Waals surface area contributed by atoms with E-state index < -0.39 is 0 Å². The lowest BCUT2D eigenvalue weighted by Crippen LogP contribution is -2.08. The smallest absolute Gasteiger partial charge is 0.157 e. The molecule has 0 atom stereocenters. The molecular formula is C13H13N3O2. The first-order chi connectivity index (χ1) is 8.78. The third-order valence-electron chi connectivity index (χ3n) is 2.29. The van der Waals surface area contributed by atoms with Crippen LogP contribution >= 0.6 is 0 Å². The molecule has 0 aliphatic carbocycles. The van der Waals surface area contributed by atoms with Gasteiger partial charge in [0, 0.05) is 7.05 Å². The summed E-state index contributed by atoms with van der Waals surface area (Å²) in [6.07, 6.45) is 3.45. The van der Waals surface area contributed by atoms with Crippen LogP contribution < -0.4 is 9.47 Å². The zero-order chi connectivity index (χ0) is 12.8. The van der Waals surface area contributed by atoms with E-state index in [0.29, 0.717) is 18.8 Å². The highest BCUT2D eigenvalue weighted by atomic mass is 16.5. The van der Waals surface area contributed by atoms with Crippen molar-refractivity contribution < 1.29 is 9.47 Å². The molecule has 0 aliphatic rings. The van der Waals surface area contributed by atoms with Crippen LogP contribution in [0, 0.1) is 11.3 Å². The fourth-order valence-corrected chi connectivity index (χ4v) is 1.42. The number of benzene rings is 1. The topological polar surface area (TPSA) is 60.1 Å². The van der Waals surface area contributed by atoms with E-state index in [1.54, 1.807) is 41.3 Å². The first-order valence-electron chi connectivity index (χ1n) is 5.52. The van der Waals surface area contributed by atoms with Crippen molar-refractivity contribution in [2.75, 3.05) is 13.2 Å². The first-order valence-corrected chi connectivity index (χ1v) is 5.52. The Labute approximate surface area is 105 Å². The lowest BCUT2D eigenvalue weighted by molar-refractivity contribution is 0.217. The standard InChI is InChI=1S/C13H13N3O2/c1-16-10-13(9-15-16)18-7-6-17-12-4-2-11(8-14)3-5-12/h2-5,9-10H,6-7H2,1H3. The summed E-state index contributed by atoms with van der Waals surface area (Å²) in [6, 6.07) is 9.03. The molecule has 0 saturated heterocycles. The van der Waals surface area contributed by atoms with Crippen molar-refractivity contribution in [1.82, 2.24) is 9.78 Å². The third kappa shape index (κ3) is 3.25. The van der Waals surface area contributed by atoms with Crippen molar-refractivity contribution in [3.8, 4) is 17.6 Å². The minimum atomic E-state index is 0.445. The molecule has 0 bridgehead atoms. The molecular weight excluding hydrogens is 230 g/mol. The second-order valence-electron chi connectivity index (χ2n) is 3.68. The zero-order valence-corrected chi connectivity index (χ0v) is 10.0. The minimum Gasteiger partial charge on any atom is -0.490 e. The summed E-state index contributed by atoms with van der Waals surface area (Å²) in [5.74, 6) is 1.45. The van der Waals surface area contributed by atoms with Crippen molar-refractivity contribution in [2.45, 2.75) is 0 Å². The van der Waals surface area contributed by atoms with Gasteiger partial charge in [-0.1, -0.05) is 0 Å². The molecule has 0 saturated carbocycles. The van der Waals surface area contributed by atoms with E-state index in [0.717, 1.165) is 11.5 Å². The van der Waals surface area contributed by atoms with Crippen molar-refractivity contribution in [1.29, 1.82) is 5.26 Å². The third-order valence-corrected chi connectivity index (χ3v) is 2.29. The fraction of sp³-hybridized carbons (Fsp3) is 0.231. The minimum absolute atomic E-state index is 0.445. The second-order valence-corrected chi connectivity index (χ2v) is 3.68. The van der Waals surface area contributed by atoms with Crippen LogP contribution in [0.3, 0.4) is 0 Å². The van der Waals surface area contributed by atoms with E-state index in [1.165, 1.54) is 0 Å². The van der Waals surface area contributed by atoms with Gasteiger partial charge in [-0.05, 0) is 24.3 Å². The maximum Gasteiger partial charge on any atom is 0.157 e. The molecule has 18 heavy (non-hydrogen) atoms. The molecule has 0 spiro atoms. The lowest BCUT2D eigenvalue weighted by atomic mass is 10.2. The van der Waals surface area contributed by atoms with Gasteiger partial charge in [-0.2, -0.15) is 10.4 Å². The Morgan fingerprint density at radius 2 is 1.83 bits per heavy atom. The van der Waals surface area contributed by atoms with Crippen LogP contribution in [0.2, 0.25) is 0 Å². The van der Waals surface area contributed by atoms with E-state index in [1.807, 2.05) is 7.05 Å². The number of nitriles is 1. The number of nitrogens with zero attached hydrogens (tertiary/aromatic N) is 3. The molecule has 1 aromatic heterocycles. The highest BCUT2D eigenvalue weighted by molar-refractivity contribution is 5.34. The number of hydrogen-bond acceptors (Lipinski definition) is 4. The Bertz CT molecular complexity index is 540. The van der Waals surface area contributed by atoms with Crippen molar-refractivity contribution in [3.63, 3.8) is 0 Å². The van der Waals surface area contributed by atoms with E-state index in [2.05, 4.69) is 11.2 Å². The summed E-state index contributed by atoms with van der Waals surface area (Å²) in [6.45, 7) is 0.895. The second kappa shape index (κ2) is 5.73. The highest BCUT2D eigenvalue weighted by Gasteiger charge is 1.98. The summed E-state index contributed by atoms with van der Waals surface area (Å²) >= 11 is 0. The molecule has 5 heteroatoms. The Kier molecular flexibility index (Phi) is 3.82. The van der Waals surface area contributed by atoms with E-state index >= 15 is 0 Å². The Hall–Kier alpha value is -2.48. The van der Waals surface area contributed by atoms with Gasteiger partial charge in [-0.25, -0.2) is 0 Å². The summed E-state index contributed by atoms with van der Waals surface area (Å²) in [4.78, 5) is 0. The largest absolute Gasteiger partial charge is 0.490 e. The Morgan fingerprint density at radius 3 is 2.39 bits per heavy atom. The van der Waals surface area contributed by atoms with Gasteiger partial charge in [-0.15, -0.1) is 0 Å². The maximum atomic E-state index is 8.65. The predicted molar refractivity (Wildman–Crippen MR) is 65.4 cm³/mol. The monoisotopic (exact) mass is 243 g/mol. The quantitative estimate of drug-likeness (QED) is 0.750. The highest BCUT2D eigenvalue weighted by Crippen LogP contribution is 2.11. The van der Waals surface area contributed by atoms with Gasteiger partial charge >= 0.3 is 0 Å². The van der Waals surface area contributed by atoms with Gasteiger partial charge in [0.15, 0.2) is 5.75 Å². The Balaban J connectivity index is 1.73. The van der Waals surface area contributed by atoms with Gasteiger partial charge in [-0.3, -0.25) is 4.68 Å². The average molecular weight is 243 g/mol. The van der Waals surface area contributed by atoms with E-state index in [9.17, 15) is 0 Å². The van der Waals surface area contributed by atoms with Crippen molar-refractivity contribution in [2.24, 2.45) is 7.05 Å². The van der Waals surface area contributed by atoms with Gasteiger partial charge in [0.05, 0.1) is 24.0 Å². The maximum absolute atomic E-state index is 8.65. The number of rotatable bonds is 5. The fourth-order valence-electron chi connectivity index (χ4n) is 1.42. The molecule has 0 unspecified atom stereocenters. The number of hydrogen-bond donors (Lipinski definition) is 0. The molecule has 92 valence electrons. The van der Waals surface area contributed by atoms with Crippen LogP contribution in [-0.4, -0.2) is 23.0 Å². The normalized spacial score (nSPS) is 9.78. The number of ether oxygens (including phenoxy) is 2. The Morgan fingerprint density at radius 1 is 1.17 bits per heavy atom. The van der Waals surface area contributed by atoms with Crippen LogP contribution in [0.1, 0.15) is 5.56 Å². The van der Waals surface area contributed by atoms with Crippen LogP contribution in [0.4, 0.5) is 0 Å². The van der Waals surface area contributed by atoms with Crippen LogP contribution in [0.5, 0.6) is 11.5 Å². The van der Waals surface area contributed by atoms with Gasteiger partial charge in [0.2, 0.25) is 0 Å².